The molecule has 3 unspecified atom stereocenters. The van der Waals surface area contributed by atoms with E-state index in [9.17, 15) is 4.79 Å². The highest BCUT2D eigenvalue weighted by atomic mass is 35.5. The van der Waals surface area contributed by atoms with Crippen molar-refractivity contribution in [2.24, 2.45) is 5.92 Å². The third-order valence-corrected chi connectivity index (χ3v) is 5.02. The molecule has 0 aromatic heterocycles. The molecule has 0 bridgehead atoms. The number of nitrogens with one attached hydrogen (secondary N) is 2. The number of ether oxygens (including phenoxy) is 1. The van der Waals surface area contributed by atoms with E-state index in [0.29, 0.717) is 12.3 Å². The maximum absolute atomic E-state index is 12.3. The zero-order chi connectivity index (χ0) is 16.1. The molecule has 3 rings (SSSR count). The predicted octanol–water partition coefficient (Wildman–Crippen LogP) is 3.14. The molecular weight excluding hydrogens is 324 g/mol. The van der Waals surface area contributed by atoms with E-state index in [1.807, 2.05) is 0 Å². The number of carbonyl (C=O) groups is 1. The van der Waals surface area contributed by atoms with Crippen LogP contribution in [0.3, 0.4) is 0 Å². The van der Waals surface area contributed by atoms with Crippen LogP contribution >= 0.6 is 12.4 Å². The quantitative estimate of drug-likeness (QED) is 0.855. The first-order valence-corrected chi connectivity index (χ1v) is 8.90. The van der Waals surface area contributed by atoms with Gasteiger partial charge in [0.15, 0.2) is 0 Å². The van der Waals surface area contributed by atoms with Crippen LogP contribution in [-0.4, -0.2) is 31.6 Å². The Hall–Kier alpha value is -1.10. The number of amides is 1. The van der Waals surface area contributed by atoms with Crippen molar-refractivity contribution in [1.29, 1.82) is 0 Å². The number of hydrogen-bond donors (Lipinski definition) is 2. The minimum absolute atomic E-state index is 0. The van der Waals surface area contributed by atoms with Gasteiger partial charge in [-0.15, -0.1) is 12.4 Å². The first kappa shape index (κ1) is 19.2. The minimum atomic E-state index is -0.0125. The fourth-order valence-electron chi connectivity index (χ4n) is 3.59. The lowest BCUT2D eigenvalue weighted by Gasteiger charge is -2.33. The molecule has 5 heteroatoms. The van der Waals surface area contributed by atoms with Crippen molar-refractivity contribution in [1.82, 2.24) is 10.6 Å². The number of rotatable bonds is 5. The van der Waals surface area contributed by atoms with Crippen molar-refractivity contribution in [3.8, 4) is 0 Å². The maximum Gasteiger partial charge on any atom is 0.220 e. The van der Waals surface area contributed by atoms with Crippen LogP contribution in [0.25, 0.3) is 0 Å². The van der Waals surface area contributed by atoms with Crippen molar-refractivity contribution in [2.45, 2.75) is 51.2 Å². The van der Waals surface area contributed by atoms with Crippen molar-refractivity contribution in [3.05, 3.63) is 35.4 Å². The molecule has 1 aromatic rings. The summed E-state index contributed by atoms with van der Waals surface area (Å²) in [5.41, 5.74) is 2.41. The summed E-state index contributed by atoms with van der Waals surface area (Å²) in [7, 11) is 0. The van der Waals surface area contributed by atoms with E-state index in [4.69, 9.17) is 4.74 Å². The third-order valence-electron chi connectivity index (χ3n) is 5.02. The monoisotopic (exact) mass is 352 g/mol. The predicted molar refractivity (Wildman–Crippen MR) is 98.5 cm³/mol. The molecule has 2 N–H and O–H groups in total. The number of aryl methyl sites for hydroxylation is 1. The van der Waals surface area contributed by atoms with Gasteiger partial charge in [0.05, 0.1) is 6.04 Å². The van der Waals surface area contributed by atoms with Crippen LogP contribution in [0.2, 0.25) is 0 Å². The topological polar surface area (TPSA) is 50.4 Å². The minimum Gasteiger partial charge on any atom is -0.371 e. The Bertz CT molecular complexity index is 515. The van der Waals surface area contributed by atoms with Crippen LogP contribution in [0.15, 0.2) is 24.3 Å². The van der Waals surface area contributed by atoms with E-state index in [-0.39, 0.29) is 30.5 Å². The second kappa shape index (κ2) is 9.40. The summed E-state index contributed by atoms with van der Waals surface area (Å²) >= 11 is 0. The standard InChI is InChI=1S/C19H28N2O2.ClH/c1-14-4-7-16(8-5-14)19-17(3-2-12-23-19)21-18(22)9-6-15-10-11-20-13-15;/h4-5,7-8,15,17,19-20H,2-3,6,9-13H2,1H3,(H,21,22);1H. The summed E-state index contributed by atoms with van der Waals surface area (Å²) in [5.74, 6) is 0.834. The molecule has 2 heterocycles. The smallest absolute Gasteiger partial charge is 0.220 e. The summed E-state index contributed by atoms with van der Waals surface area (Å²) in [6.45, 7) is 5.02. The first-order valence-electron chi connectivity index (χ1n) is 8.90. The van der Waals surface area contributed by atoms with Gasteiger partial charge < -0.3 is 15.4 Å². The van der Waals surface area contributed by atoms with Gasteiger partial charge in [-0.05, 0) is 57.2 Å². The van der Waals surface area contributed by atoms with Crippen molar-refractivity contribution in [2.75, 3.05) is 19.7 Å². The second-order valence-electron chi connectivity index (χ2n) is 6.92. The zero-order valence-electron chi connectivity index (χ0n) is 14.4. The molecule has 2 saturated heterocycles. The van der Waals surface area contributed by atoms with Crippen LogP contribution in [0.1, 0.15) is 49.3 Å². The van der Waals surface area contributed by atoms with Crippen LogP contribution < -0.4 is 10.6 Å². The molecule has 1 aromatic carbocycles. The molecular formula is C19H29ClN2O2. The van der Waals surface area contributed by atoms with E-state index in [0.717, 1.165) is 39.0 Å². The zero-order valence-corrected chi connectivity index (χ0v) is 15.2. The van der Waals surface area contributed by atoms with Gasteiger partial charge in [0.2, 0.25) is 5.91 Å². The Morgan fingerprint density at radius 2 is 2.08 bits per heavy atom. The highest BCUT2D eigenvalue weighted by Crippen LogP contribution is 2.29. The molecule has 2 aliphatic rings. The number of hydrogen-bond acceptors (Lipinski definition) is 3. The Labute approximate surface area is 151 Å². The van der Waals surface area contributed by atoms with Crippen LogP contribution in [-0.2, 0) is 9.53 Å². The normalized spacial score (nSPS) is 26.6. The van der Waals surface area contributed by atoms with Gasteiger partial charge in [-0.1, -0.05) is 29.8 Å². The molecule has 0 spiro atoms. The van der Waals surface area contributed by atoms with Crippen molar-refractivity contribution < 1.29 is 9.53 Å². The molecule has 134 valence electrons. The highest BCUT2D eigenvalue weighted by molar-refractivity contribution is 5.85. The van der Waals surface area contributed by atoms with Gasteiger partial charge in [0.1, 0.15) is 6.10 Å². The molecule has 0 saturated carbocycles. The van der Waals surface area contributed by atoms with Gasteiger partial charge in [-0.3, -0.25) is 4.79 Å². The Balaban J connectivity index is 0.00000208. The largest absolute Gasteiger partial charge is 0.371 e. The summed E-state index contributed by atoms with van der Waals surface area (Å²) in [4.78, 5) is 12.3. The molecule has 4 nitrogen and oxygen atoms in total. The summed E-state index contributed by atoms with van der Waals surface area (Å²) in [5, 5.41) is 6.58. The second-order valence-corrected chi connectivity index (χ2v) is 6.92. The molecule has 1 amide bonds. The van der Waals surface area contributed by atoms with Gasteiger partial charge in [-0.2, -0.15) is 0 Å². The molecule has 3 atom stereocenters. The Kier molecular flexibility index (Phi) is 7.53. The number of halogens is 1. The summed E-state index contributed by atoms with van der Waals surface area (Å²) in [6.07, 6.45) is 4.81. The summed E-state index contributed by atoms with van der Waals surface area (Å²) < 4.78 is 5.97. The van der Waals surface area contributed by atoms with Gasteiger partial charge in [0.25, 0.3) is 0 Å². The SMILES string of the molecule is Cc1ccc(C2OCCCC2NC(=O)CCC2CCNC2)cc1.Cl. The fraction of sp³-hybridized carbons (Fsp3) is 0.632. The Morgan fingerprint density at radius 3 is 2.79 bits per heavy atom. The lowest BCUT2D eigenvalue weighted by molar-refractivity contribution is -0.124. The lowest BCUT2D eigenvalue weighted by Crippen LogP contribution is -2.42. The van der Waals surface area contributed by atoms with E-state index >= 15 is 0 Å². The Morgan fingerprint density at radius 1 is 1.29 bits per heavy atom. The highest BCUT2D eigenvalue weighted by Gasteiger charge is 2.28. The average Bonchev–Trinajstić information content (AvgIpc) is 3.08. The van der Waals surface area contributed by atoms with E-state index < -0.39 is 0 Å². The van der Waals surface area contributed by atoms with Gasteiger partial charge in [0, 0.05) is 13.0 Å². The molecule has 0 radical (unpaired) electrons. The number of carbonyl (C=O) groups excluding carboxylic acids is 1. The maximum atomic E-state index is 12.3. The van der Waals surface area contributed by atoms with Crippen LogP contribution in [0.4, 0.5) is 0 Å². The first-order chi connectivity index (χ1) is 11.2. The molecule has 0 aliphatic carbocycles. The van der Waals surface area contributed by atoms with E-state index in [1.165, 1.54) is 17.5 Å². The lowest BCUT2D eigenvalue weighted by atomic mass is 9.95. The number of benzene rings is 1. The molecule has 2 aliphatic heterocycles. The van der Waals surface area contributed by atoms with E-state index in [1.54, 1.807) is 0 Å². The fourth-order valence-corrected chi connectivity index (χ4v) is 3.59. The molecule has 2 fully saturated rings. The van der Waals surface area contributed by atoms with E-state index in [2.05, 4.69) is 41.8 Å². The average molecular weight is 353 g/mol. The van der Waals surface area contributed by atoms with Gasteiger partial charge in [-0.25, -0.2) is 0 Å². The van der Waals surface area contributed by atoms with Crippen molar-refractivity contribution in [3.63, 3.8) is 0 Å². The van der Waals surface area contributed by atoms with Crippen LogP contribution in [0.5, 0.6) is 0 Å². The van der Waals surface area contributed by atoms with Gasteiger partial charge >= 0.3 is 0 Å². The van der Waals surface area contributed by atoms with Crippen LogP contribution in [0, 0.1) is 12.8 Å². The third kappa shape index (κ3) is 5.20. The summed E-state index contributed by atoms with van der Waals surface area (Å²) in [6, 6.07) is 8.56. The molecule has 24 heavy (non-hydrogen) atoms. The van der Waals surface area contributed by atoms with Crippen molar-refractivity contribution >= 4 is 18.3 Å².